The van der Waals surface area contributed by atoms with E-state index in [0.717, 1.165) is 18.4 Å². The smallest absolute Gasteiger partial charge is 0.345 e. The zero-order valence-electron chi connectivity index (χ0n) is 17.3. The SMILES string of the molecule is O=c1oc2c(O)c(O)c(-c3c(O)c(O)c(O)c4ccoc(=O)c34)c3c(=O)oc4c(O)c(O)cc1c4c23. The van der Waals surface area contributed by atoms with Crippen LogP contribution in [0.25, 0.3) is 54.6 Å². The maximum atomic E-state index is 13.2. The third-order valence-corrected chi connectivity index (χ3v) is 6.03. The molecule has 0 atom stereocenters. The van der Waals surface area contributed by atoms with Crippen molar-refractivity contribution in [2.45, 2.75) is 0 Å². The third-order valence-electron chi connectivity index (χ3n) is 6.03. The summed E-state index contributed by atoms with van der Waals surface area (Å²) in [5, 5.41) is 70.5. The van der Waals surface area contributed by atoms with Gasteiger partial charge in [-0.3, -0.25) is 0 Å². The van der Waals surface area contributed by atoms with E-state index >= 15 is 0 Å². The maximum Gasteiger partial charge on any atom is 0.345 e. The highest BCUT2D eigenvalue weighted by atomic mass is 16.4. The Labute approximate surface area is 194 Å². The standard InChI is InChI=1S/C23H10O13/c24-6-3-5-7-11-12(23(33)36-19(7)14(6)26)10(16(28)18(30)20(11)35-21(5)31)9-8-4(1-2-34-22(8)32)13(25)17(29)15(9)27/h1-3,24-30H. The van der Waals surface area contributed by atoms with Crippen molar-refractivity contribution in [2.75, 3.05) is 0 Å². The lowest BCUT2D eigenvalue weighted by atomic mass is 9.90. The van der Waals surface area contributed by atoms with Gasteiger partial charge >= 0.3 is 16.9 Å². The second-order valence-corrected chi connectivity index (χ2v) is 7.84. The molecule has 7 N–H and O–H groups in total. The van der Waals surface area contributed by atoms with Crippen molar-refractivity contribution in [2.24, 2.45) is 0 Å². The highest BCUT2D eigenvalue weighted by Crippen LogP contribution is 2.55. The normalized spacial score (nSPS) is 11.9. The predicted octanol–water partition coefficient (Wildman–Crippen LogP) is 2.20. The molecule has 0 unspecified atom stereocenters. The maximum absolute atomic E-state index is 13.2. The van der Waals surface area contributed by atoms with E-state index in [9.17, 15) is 50.1 Å². The molecule has 0 amide bonds. The van der Waals surface area contributed by atoms with Crippen LogP contribution in [0, 0.1) is 0 Å². The van der Waals surface area contributed by atoms with Gasteiger partial charge in [-0.15, -0.1) is 0 Å². The second kappa shape index (κ2) is 6.50. The fraction of sp³-hybridized carbons (Fsp3) is 0. The van der Waals surface area contributed by atoms with Crippen LogP contribution in [0.3, 0.4) is 0 Å². The van der Waals surface area contributed by atoms with E-state index in [1.54, 1.807) is 0 Å². The second-order valence-electron chi connectivity index (χ2n) is 7.84. The third kappa shape index (κ3) is 2.30. The fourth-order valence-electron chi connectivity index (χ4n) is 4.49. The van der Waals surface area contributed by atoms with Crippen molar-refractivity contribution < 1.29 is 49.0 Å². The zero-order valence-corrected chi connectivity index (χ0v) is 17.3. The Morgan fingerprint density at radius 3 is 1.86 bits per heavy atom. The molecule has 0 saturated heterocycles. The number of phenolic OH excluding ortho intramolecular Hbond substituents is 7. The molecule has 0 bridgehead atoms. The first-order chi connectivity index (χ1) is 17.0. The van der Waals surface area contributed by atoms with Crippen LogP contribution >= 0.6 is 0 Å². The molecular formula is C23H10O13. The lowest BCUT2D eigenvalue weighted by Gasteiger charge is -2.17. The summed E-state index contributed by atoms with van der Waals surface area (Å²) in [6.45, 7) is 0. The molecule has 0 aliphatic rings. The Morgan fingerprint density at radius 1 is 0.528 bits per heavy atom. The molecule has 0 aliphatic carbocycles. The average Bonchev–Trinajstić information content (AvgIpc) is 2.84. The van der Waals surface area contributed by atoms with E-state index < -0.39 is 95.6 Å². The number of phenols is 7. The first-order valence-electron chi connectivity index (χ1n) is 9.88. The van der Waals surface area contributed by atoms with Gasteiger partial charge in [0.2, 0.25) is 17.2 Å². The van der Waals surface area contributed by atoms with E-state index in [4.69, 9.17) is 13.3 Å². The first-order valence-corrected chi connectivity index (χ1v) is 9.88. The Balaban J connectivity index is 2.02. The quantitative estimate of drug-likeness (QED) is 0.0988. The molecule has 3 aromatic carbocycles. The molecule has 0 radical (unpaired) electrons. The van der Waals surface area contributed by atoms with Crippen LogP contribution < -0.4 is 16.9 Å². The topological polar surface area (TPSA) is 232 Å². The Morgan fingerprint density at radius 2 is 1.14 bits per heavy atom. The minimum Gasteiger partial charge on any atom is -0.504 e. The molecule has 3 heterocycles. The van der Waals surface area contributed by atoms with Crippen LogP contribution in [0.1, 0.15) is 0 Å². The van der Waals surface area contributed by atoms with Gasteiger partial charge in [0, 0.05) is 27.3 Å². The zero-order chi connectivity index (χ0) is 25.8. The Bertz CT molecular complexity index is 2130. The lowest BCUT2D eigenvalue weighted by molar-refractivity contribution is 0.371. The monoisotopic (exact) mass is 494 g/mol. The van der Waals surface area contributed by atoms with Crippen LogP contribution in [0.15, 0.2) is 46.0 Å². The lowest BCUT2D eigenvalue weighted by Crippen LogP contribution is -2.09. The summed E-state index contributed by atoms with van der Waals surface area (Å²) in [4.78, 5) is 38.4. The Kier molecular flexibility index (Phi) is 3.79. The molecule has 6 aromatic rings. The van der Waals surface area contributed by atoms with Gasteiger partial charge in [0.1, 0.15) is 0 Å². The molecule has 0 spiro atoms. The van der Waals surface area contributed by atoms with Crippen molar-refractivity contribution in [3.63, 3.8) is 0 Å². The van der Waals surface area contributed by atoms with Crippen LogP contribution in [0.2, 0.25) is 0 Å². The number of fused-ring (bicyclic) bond motifs is 1. The number of hydrogen-bond donors (Lipinski definition) is 7. The molecular weight excluding hydrogens is 484 g/mol. The van der Waals surface area contributed by atoms with Crippen molar-refractivity contribution in [1.29, 1.82) is 0 Å². The van der Waals surface area contributed by atoms with E-state index in [0.29, 0.717) is 0 Å². The molecule has 13 nitrogen and oxygen atoms in total. The fourth-order valence-corrected chi connectivity index (χ4v) is 4.49. The molecule has 3 aromatic heterocycles. The van der Waals surface area contributed by atoms with Gasteiger partial charge < -0.3 is 49.0 Å². The van der Waals surface area contributed by atoms with Gasteiger partial charge in [0.15, 0.2) is 34.2 Å². The molecule has 0 aliphatic heterocycles. The van der Waals surface area contributed by atoms with E-state index in [-0.39, 0.29) is 16.2 Å². The van der Waals surface area contributed by atoms with Gasteiger partial charge in [-0.05, 0) is 12.1 Å². The van der Waals surface area contributed by atoms with Crippen molar-refractivity contribution in [3.8, 4) is 51.4 Å². The van der Waals surface area contributed by atoms with Crippen LogP contribution in [0.5, 0.6) is 40.2 Å². The summed E-state index contributed by atoms with van der Waals surface area (Å²) in [5.74, 6) is -7.26. The van der Waals surface area contributed by atoms with Crippen molar-refractivity contribution in [1.82, 2.24) is 0 Å². The summed E-state index contributed by atoms with van der Waals surface area (Å²) < 4.78 is 15.0. The van der Waals surface area contributed by atoms with Gasteiger partial charge in [0.05, 0.1) is 22.4 Å². The van der Waals surface area contributed by atoms with E-state index in [1.165, 1.54) is 0 Å². The minimum absolute atomic E-state index is 0.304. The van der Waals surface area contributed by atoms with Gasteiger partial charge in [-0.1, -0.05) is 0 Å². The van der Waals surface area contributed by atoms with Crippen LogP contribution in [-0.2, 0) is 0 Å². The molecule has 13 heteroatoms. The molecule has 180 valence electrons. The predicted molar refractivity (Wildman–Crippen MR) is 120 cm³/mol. The van der Waals surface area contributed by atoms with Gasteiger partial charge in [-0.25, -0.2) is 14.4 Å². The van der Waals surface area contributed by atoms with E-state index in [2.05, 4.69) is 0 Å². The molecule has 6 rings (SSSR count). The molecule has 36 heavy (non-hydrogen) atoms. The average molecular weight is 494 g/mol. The summed E-state index contributed by atoms with van der Waals surface area (Å²) >= 11 is 0. The van der Waals surface area contributed by atoms with E-state index in [1.807, 2.05) is 0 Å². The largest absolute Gasteiger partial charge is 0.504 e. The number of hydrogen-bond acceptors (Lipinski definition) is 13. The Hall–Kier alpha value is -5.59. The summed E-state index contributed by atoms with van der Waals surface area (Å²) in [6, 6.07) is 1.88. The number of rotatable bonds is 1. The van der Waals surface area contributed by atoms with Crippen LogP contribution in [0.4, 0.5) is 0 Å². The minimum atomic E-state index is -1.34. The summed E-state index contributed by atoms with van der Waals surface area (Å²) in [7, 11) is 0. The molecule has 0 saturated carbocycles. The highest BCUT2D eigenvalue weighted by molar-refractivity contribution is 6.26. The number of aromatic hydroxyl groups is 7. The van der Waals surface area contributed by atoms with Crippen molar-refractivity contribution >= 4 is 43.5 Å². The van der Waals surface area contributed by atoms with Gasteiger partial charge in [-0.2, -0.15) is 0 Å². The van der Waals surface area contributed by atoms with Crippen molar-refractivity contribution in [3.05, 3.63) is 49.7 Å². The van der Waals surface area contributed by atoms with Crippen LogP contribution in [-0.4, -0.2) is 35.7 Å². The summed E-state index contributed by atoms with van der Waals surface area (Å²) in [5.41, 5.74) is -6.51. The molecule has 0 fully saturated rings. The highest BCUT2D eigenvalue weighted by Gasteiger charge is 2.33. The number of benzene rings is 3. The summed E-state index contributed by atoms with van der Waals surface area (Å²) in [6.07, 6.45) is 0.879. The van der Waals surface area contributed by atoms with Gasteiger partial charge in [0.25, 0.3) is 0 Å². The first kappa shape index (κ1) is 21.0.